The second-order valence-electron chi connectivity index (χ2n) is 1.65. The van der Waals surface area contributed by atoms with Gasteiger partial charge in [-0.2, -0.15) is 0 Å². The molecular formula is C9H13ClOS. The highest BCUT2D eigenvalue weighted by molar-refractivity contribution is 7.82. The monoisotopic (exact) mass is 204 g/mol. The highest BCUT2D eigenvalue weighted by atomic mass is 35.5. The van der Waals surface area contributed by atoms with E-state index in [1.54, 1.807) is 12.1 Å². The number of thiocarbonyl (C=S) groups is 1. The molecule has 0 saturated carbocycles. The molecule has 1 aromatic rings. The van der Waals surface area contributed by atoms with Crippen molar-refractivity contribution in [1.29, 1.82) is 0 Å². The first-order valence-electron chi connectivity index (χ1n) is 2.71. The Bertz CT molecular complexity index is 223. The molecule has 0 fully saturated rings. The largest absolute Gasteiger partial charge is 0.436 e. The van der Waals surface area contributed by atoms with Gasteiger partial charge in [0.25, 0.3) is 4.51 Å². The first-order chi connectivity index (χ1) is 4.79. The number of benzene rings is 1. The third kappa shape index (κ3) is 5.10. The lowest BCUT2D eigenvalue weighted by atomic mass is 10.3. The van der Waals surface area contributed by atoms with E-state index >= 15 is 0 Å². The van der Waals surface area contributed by atoms with Crippen molar-refractivity contribution in [2.75, 3.05) is 0 Å². The van der Waals surface area contributed by atoms with Gasteiger partial charge >= 0.3 is 0 Å². The smallest absolute Gasteiger partial charge is 0.260 e. The summed E-state index contributed by atoms with van der Waals surface area (Å²) in [5.41, 5.74) is 0. The molecule has 0 atom stereocenters. The molecule has 0 aliphatic rings. The van der Waals surface area contributed by atoms with E-state index in [1.165, 1.54) is 0 Å². The van der Waals surface area contributed by atoms with Gasteiger partial charge in [0.2, 0.25) is 0 Å². The van der Waals surface area contributed by atoms with Crippen LogP contribution in [0.2, 0.25) is 0 Å². The van der Waals surface area contributed by atoms with Crippen LogP contribution in [0.5, 0.6) is 5.75 Å². The van der Waals surface area contributed by atoms with Crippen LogP contribution in [0.25, 0.3) is 0 Å². The van der Waals surface area contributed by atoms with Gasteiger partial charge in [-0.25, -0.2) is 0 Å². The average molecular weight is 205 g/mol. The second-order valence-corrected chi connectivity index (χ2v) is 2.59. The van der Waals surface area contributed by atoms with Crippen LogP contribution in [0.4, 0.5) is 0 Å². The maximum Gasteiger partial charge on any atom is 0.260 e. The van der Waals surface area contributed by atoms with Crippen LogP contribution in [-0.2, 0) is 0 Å². The van der Waals surface area contributed by atoms with Crippen LogP contribution >= 0.6 is 23.8 Å². The first-order valence-corrected chi connectivity index (χ1v) is 3.50. The Hall–Kier alpha value is -0.600. The van der Waals surface area contributed by atoms with E-state index in [1.807, 2.05) is 18.2 Å². The molecule has 1 nitrogen and oxygen atoms in total. The van der Waals surface area contributed by atoms with Crippen LogP contribution in [-0.4, -0.2) is 4.51 Å². The second kappa shape index (κ2) is 7.07. The summed E-state index contributed by atoms with van der Waals surface area (Å²) >= 11 is 9.84. The van der Waals surface area contributed by atoms with Crippen molar-refractivity contribution in [2.45, 2.75) is 14.9 Å². The minimum Gasteiger partial charge on any atom is -0.436 e. The molecule has 3 heteroatoms. The van der Waals surface area contributed by atoms with E-state index < -0.39 is 0 Å². The van der Waals surface area contributed by atoms with E-state index in [0.717, 1.165) is 0 Å². The van der Waals surface area contributed by atoms with E-state index in [2.05, 4.69) is 12.2 Å². The normalized spacial score (nSPS) is 7.42. The van der Waals surface area contributed by atoms with Crippen LogP contribution in [0.1, 0.15) is 14.9 Å². The van der Waals surface area contributed by atoms with Gasteiger partial charge in [0, 0.05) is 0 Å². The summed E-state index contributed by atoms with van der Waals surface area (Å²) in [4.78, 5) is 0. The zero-order valence-electron chi connectivity index (χ0n) is 5.08. The van der Waals surface area contributed by atoms with Crippen molar-refractivity contribution in [1.82, 2.24) is 0 Å². The molecule has 0 saturated heterocycles. The SMILES string of the molecule is C.C.S=C(Cl)Oc1ccccc1. The van der Waals surface area contributed by atoms with Crippen LogP contribution in [0.3, 0.4) is 0 Å². The van der Waals surface area contributed by atoms with Gasteiger partial charge in [-0.3, -0.25) is 0 Å². The molecular weight excluding hydrogens is 192 g/mol. The van der Waals surface area contributed by atoms with Gasteiger partial charge in [-0.05, 0) is 36.0 Å². The first kappa shape index (κ1) is 14.0. The van der Waals surface area contributed by atoms with E-state index in [9.17, 15) is 0 Å². The van der Waals surface area contributed by atoms with Crippen molar-refractivity contribution in [3.63, 3.8) is 0 Å². The Morgan fingerprint density at radius 2 is 1.67 bits per heavy atom. The van der Waals surface area contributed by atoms with Gasteiger partial charge < -0.3 is 4.74 Å². The minimum atomic E-state index is 0. The van der Waals surface area contributed by atoms with Gasteiger partial charge in [0.05, 0.1) is 0 Å². The van der Waals surface area contributed by atoms with Crippen molar-refractivity contribution in [3.05, 3.63) is 30.3 Å². The van der Waals surface area contributed by atoms with Gasteiger partial charge in [-0.1, -0.05) is 33.1 Å². The standard InChI is InChI=1S/C7H5ClOS.2CH4/c8-7(10)9-6-4-2-1-3-5-6;;/h1-5H;2*1H4. The summed E-state index contributed by atoms with van der Waals surface area (Å²) in [6.45, 7) is 0. The van der Waals surface area contributed by atoms with Crippen LogP contribution in [0, 0.1) is 0 Å². The van der Waals surface area contributed by atoms with E-state index in [0.29, 0.717) is 5.75 Å². The molecule has 1 aromatic carbocycles. The molecule has 0 aromatic heterocycles. The molecule has 68 valence electrons. The summed E-state index contributed by atoms with van der Waals surface area (Å²) in [6.07, 6.45) is 0. The molecule has 0 N–H and O–H groups in total. The molecule has 0 amide bonds. The number of hydrogen-bond donors (Lipinski definition) is 0. The summed E-state index contributed by atoms with van der Waals surface area (Å²) in [6, 6.07) is 9.17. The summed E-state index contributed by atoms with van der Waals surface area (Å²) in [5, 5.41) is 0. The average Bonchev–Trinajstić information content (AvgIpc) is 1.88. The van der Waals surface area contributed by atoms with Crippen molar-refractivity contribution < 1.29 is 4.74 Å². The quantitative estimate of drug-likeness (QED) is 0.508. The molecule has 1 rings (SSSR count). The summed E-state index contributed by atoms with van der Waals surface area (Å²) in [7, 11) is 0. The minimum absolute atomic E-state index is 0. The van der Waals surface area contributed by atoms with E-state index in [4.69, 9.17) is 16.3 Å². The lowest BCUT2D eigenvalue weighted by molar-refractivity contribution is 0.578. The van der Waals surface area contributed by atoms with E-state index in [-0.39, 0.29) is 19.4 Å². The number of ether oxygens (including phenoxy) is 1. The summed E-state index contributed by atoms with van der Waals surface area (Å²) in [5.74, 6) is 0.669. The lowest BCUT2D eigenvalue weighted by Crippen LogP contribution is -1.94. The molecule has 12 heavy (non-hydrogen) atoms. The van der Waals surface area contributed by atoms with Gasteiger partial charge in [0.1, 0.15) is 5.75 Å². The zero-order chi connectivity index (χ0) is 7.40. The van der Waals surface area contributed by atoms with Crippen molar-refractivity contribution >= 4 is 28.3 Å². The Balaban J connectivity index is 0. The number of hydrogen-bond acceptors (Lipinski definition) is 2. The summed E-state index contributed by atoms with van der Waals surface area (Å²) < 4.78 is 4.93. The van der Waals surface area contributed by atoms with Crippen LogP contribution < -0.4 is 4.74 Å². The predicted molar refractivity (Wildman–Crippen MR) is 59.0 cm³/mol. The fraction of sp³-hybridized carbons (Fsp3) is 0.222. The van der Waals surface area contributed by atoms with Crippen molar-refractivity contribution in [3.8, 4) is 5.75 Å². The Kier molecular flexibility index (Phi) is 8.22. The zero-order valence-corrected chi connectivity index (χ0v) is 6.65. The third-order valence-corrected chi connectivity index (χ3v) is 1.10. The Labute approximate surface area is 84.3 Å². The number of rotatable bonds is 1. The highest BCUT2D eigenvalue weighted by Gasteiger charge is 1.91. The maximum absolute atomic E-state index is 5.32. The molecule has 0 radical (unpaired) electrons. The van der Waals surface area contributed by atoms with Gasteiger partial charge in [-0.15, -0.1) is 0 Å². The number of para-hydroxylation sites is 1. The fourth-order valence-corrected chi connectivity index (χ4v) is 0.767. The Morgan fingerprint density at radius 3 is 2.08 bits per heavy atom. The number of halogens is 1. The van der Waals surface area contributed by atoms with Gasteiger partial charge in [0.15, 0.2) is 0 Å². The fourth-order valence-electron chi connectivity index (χ4n) is 0.581. The molecule has 0 aliphatic heterocycles. The molecule has 0 unspecified atom stereocenters. The molecule has 0 spiro atoms. The topological polar surface area (TPSA) is 9.23 Å². The molecule has 0 bridgehead atoms. The third-order valence-electron chi connectivity index (χ3n) is 0.941. The van der Waals surface area contributed by atoms with Crippen molar-refractivity contribution in [2.24, 2.45) is 0 Å². The highest BCUT2D eigenvalue weighted by Crippen LogP contribution is 2.09. The predicted octanol–water partition coefficient (Wildman–Crippen LogP) is 3.86. The Morgan fingerprint density at radius 1 is 1.17 bits per heavy atom. The lowest BCUT2D eigenvalue weighted by Gasteiger charge is -1.98. The van der Waals surface area contributed by atoms with Crippen LogP contribution in [0.15, 0.2) is 30.3 Å². The molecule has 0 heterocycles. The maximum atomic E-state index is 5.32. The molecule has 0 aliphatic carbocycles.